The summed E-state index contributed by atoms with van der Waals surface area (Å²) >= 11 is 0. The van der Waals surface area contributed by atoms with Crippen LogP contribution in [0, 0.1) is 24.5 Å². The van der Waals surface area contributed by atoms with E-state index in [1.807, 2.05) is 20.8 Å². The first-order chi connectivity index (χ1) is 24.5. The van der Waals surface area contributed by atoms with Crippen LogP contribution in [0.3, 0.4) is 0 Å². The molecule has 284 valence electrons. The third-order valence-electron chi connectivity index (χ3n) is 7.37. The first-order valence-corrected chi connectivity index (χ1v) is 18.0. The molecule has 0 aliphatic rings. The third-order valence-corrected chi connectivity index (χ3v) is 7.37. The van der Waals surface area contributed by atoms with Crippen molar-refractivity contribution in [2.45, 2.75) is 101 Å². The molecular formula is C38H60N6O7. The standard InChI is InChI=1S/C12H18O4.C11H9N2O3.2C6H15N.C3H2N2/c1-3-5-7-15-11-9(13)10(14)12(11)16-8-6-4-2;1-3-4-5-16-11-8(7(6-12)13-2)9(14)10(11)15;2*1-4-7(5-2)6-3;1-5-3-2-4/h3-8H2,1-2H3;3-5H2,1H3;2*4-6H2,1-3H3;3H2/q;-1;;;/p+1. The van der Waals surface area contributed by atoms with Crippen molar-refractivity contribution in [3.05, 3.63) is 74.7 Å². The molecule has 2 aromatic rings. The van der Waals surface area contributed by atoms with Gasteiger partial charge in [-0.1, -0.05) is 60.8 Å². The van der Waals surface area contributed by atoms with E-state index in [1.54, 1.807) is 16.8 Å². The smallest absolute Gasteiger partial charge is 0.298 e. The summed E-state index contributed by atoms with van der Waals surface area (Å²) in [5, 5.41) is 16.2. The lowest BCUT2D eigenvalue weighted by atomic mass is 10.1. The molecule has 13 nitrogen and oxygen atoms in total. The number of nitrogens with zero attached hydrogens (tertiary/aromatic N) is 5. The molecule has 0 fully saturated rings. The van der Waals surface area contributed by atoms with Gasteiger partial charge in [-0.2, -0.15) is 5.26 Å². The van der Waals surface area contributed by atoms with Crippen molar-refractivity contribution in [3.8, 4) is 23.3 Å². The lowest BCUT2D eigenvalue weighted by Crippen LogP contribution is -3.11. The Morgan fingerprint density at radius 2 is 1.06 bits per heavy atom. The van der Waals surface area contributed by atoms with Gasteiger partial charge < -0.3 is 34.3 Å². The Labute approximate surface area is 305 Å². The molecule has 2 aromatic carbocycles. The zero-order valence-electron chi connectivity index (χ0n) is 32.4. The molecular weight excluding hydrogens is 652 g/mol. The molecule has 0 amide bonds. The van der Waals surface area contributed by atoms with Crippen LogP contribution in [0.5, 0.6) is 17.2 Å². The van der Waals surface area contributed by atoms with E-state index >= 15 is 0 Å². The SMILES string of the molecule is CCCCOc1c(OCCCC)c(=O)c1=O.CCN(CC)CC.CC[NH+](CC)CC.[C-]#[N+]C(=C=[N-])c1c(OCCCC)c(=O)c1=O.[C-]#[N+]CC#N. The minimum absolute atomic E-state index is 0.0139. The fourth-order valence-electron chi connectivity index (χ4n) is 3.88. The summed E-state index contributed by atoms with van der Waals surface area (Å²) in [5.41, 5.74) is -3.21. The number of nitriles is 1. The van der Waals surface area contributed by atoms with Crippen LogP contribution in [0.25, 0.3) is 20.8 Å². The van der Waals surface area contributed by atoms with Crippen LogP contribution >= 0.6 is 0 Å². The summed E-state index contributed by atoms with van der Waals surface area (Å²) in [5.74, 6) is 1.68. The van der Waals surface area contributed by atoms with Gasteiger partial charge >= 0.3 is 0 Å². The minimum atomic E-state index is -0.806. The van der Waals surface area contributed by atoms with E-state index in [2.05, 4.69) is 56.1 Å². The maximum absolute atomic E-state index is 11.2. The van der Waals surface area contributed by atoms with Gasteiger partial charge in [0.15, 0.2) is 5.75 Å². The minimum Gasteiger partial charge on any atom is -0.775 e. The number of unbranched alkanes of at least 4 members (excludes halogenated alkanes) is 3. The lowest BCUT2D eigenvalue weighted by molar-refractivity contribution is -0.894. The fourth-order valence-corrected chi connectivity index (χ4v) is 3.88. The average molecular weight is 713 g/mol. The molecule has 0 aliphatic carbocycles. The quantitative estimate of drug-likeness (QED) is 0.0737. The van der Waals surface area contributed by atoms with E-state index in [1.165, 1.54) is 39.3 Å². The Morgan fingerprint density at radius 1 is 0.686 bits per heavy atom. The van der Waals surface area contributed by atoms with Crippen molar-refractivity contribution < 1.29 is 19.1 Å². The van der Waals surface area contributed by atoms with E-state index in [9.17, 15) is 19.2 Å². The molecule has 0 radical (unpaired) electrons. The van der Waals surface area contributed by atoms with Gasteiger partial charge in [0.25, 0.3) is 22.8 Å². The van der Waals surface area contributed by atoms with Gasteiger partial charge in [-0.25, -0.2) is 11.4 Å². The van der Waals surface area contributed by atoms with E-state index in [0.717, 1.165) is 38.5 Å². The highest BCUT2D eigenvalue weighted by Gasteiger charge is 2.25. The zero-order chi connectivity index (χ0) is 39.6. The Bertz CT molecular complexity index is 1450. The highest BCUT2D eigenvalue weighted by molar-refractivity contribution is 5.97. The maximum atomic E-state index is 11.2. The van der Waals surface area contributed by atoms with Gasteiger partial charge in [-0.15, -0.1) is 0 Å². The molecule has 51 heavy (non-hydrogen) atoms. The second-order valence-corrected chi connectivity index (χ2v) is 10.8. The molecule has 0 unspecified atom stereocenters. The molecule has 0 aliphatic heterocycles. The third kappa shape index (κ3) is 20.6. The van der Waals surface area contributed by atoms with E-state index < -0.39 is 21.7 Å². The molecule has 0 aromatic heterocycles. The second kappa shape index (κ2) is 33.9. The number of nitrogens with one attached hydrogen (secondary N) is 1. The average Bonchev–Trinajstić information content (AvgIpc) is 3.16. The number of quaternary nitrogens is 1. The van der Waals surface area contributed by atoms with Crippen LogP contribution in [-0.4, -0.2) is 76.4 Å². The number of rotatable bonds is 19. The van der Waals surface area contributed by atoms with Crippen molar-refractivity contribution in [2.24, 2.45) is 0 Å². The van der Waals surface area contributed by atoms with Gasteiger partial charge in [0.1, 0.15) is 6.07 Å². The lowest BCUT2D eigenvalue weighted by Gasteiger charge is -2.13. The Hall–Kier alpha value is -4.60. The summed E-state index contributed by atoms with van der Waals surface area (Å²) in [6.45, 7) is 40.6. The molecule has 0 bridgehead atoms. The van der Waals surface area contributed by atoms with Crippen molar-refractivity contribution in [1.82, 2.24) is 4.90 Å². The molecule has 0 heterocycles. The highest BCUT2D eigenvalue weighted by atomic mass is 16.5. The van der Waals surface area contributed by atoms with Crippen molar-refractivity contribution >= 4 is 11.6 Å². The van der Waals surface area contributed by atoms with Crippen LogP contribution in [-0.2, 0) is 0 Å². The molecule has 0 saturated carbocycles. The predicted molar refractivity (Wildman–Crippen MR) is 205 cm³/mol. The largest absolute Gasteiger partial charge is 0.775 e. The molecule has 0 atom stereocenters. The van der Waals surface area contributed by atoms with Gasteiger partial charge in [-0.05, 0) is 59.7 Å². The van der Waals surface area contributed by atoms with Gasteiger partial charge in [0.2, 0.25) is 22.6 Å². The Balaban J connectivity index is -0.000000612. The van der Waals surface area contributed by atoms with E-state index in [4.69, 9.17) is 38.0 Å². The number of hydrogen-bond acceptors (Lipinski definition) is 9. The van der Waals surface area contributed by atoms with Crippen molar-refractivity contribution in [3.63, 3.8) is 0 Å². The highest BCUT2D eigenvalue weighted by Crippen LogP contribution is 2.21. The normalized spacial score (nSPS) is 9.57. The Morgan fingerprint density at radius 3 is 1.27 bits per heavy atom. The molecule has 0 saturated heterocycles. The topological polar surface area (TPSA) is 158 Å². The number of hydrogen-bond donors (Lipinski definition) is 1. The zero-order valence-corrected chi connectivity index (χ0v) is 32.4. The van der Waals surface area contributed by atoms with Crippen LogP contribution in [0.2, 0.25) is 0 Å². The van der Waals surface area contributed by atoms with Crippen molar-refractivity contribution in [2.75, 3.05) is 65.6 Å². The van der Waals surface area contributed by atoms with Crippen LogP contribution in [0.15, 0.2) is 19.2 Å². The summed E-state index contributed by atoms with van der Waals surface area (Å²) in [4.78, 5) is 54.4. The molecule has 2 rings (SSSR count). The molecule has 0 spiro atoms. The summed E-state index contributed by atoms with van der Waals surface area (Å²) in [7, 11) is 0. The second-order valence-electron chi connectivity index (χ2n) is 10.8. The van der Waals surface area contributed by atoms with E-state index in [-0.39, 0.29) is 35.1 Å². The fraction of sp³-hybridized carbons (Fsp3) is 0.658. The van der Waals surface area contributed by atoms with Gasteiger partial charge in [0, 0.05) is 0 Å². The van der Waals surface area contributed by atoms with Crippen molar-refractivity contribution in [1.29, 1.82) is 5.26 Å². The van der Waals surface area contributed by atoms with Crippen LogP contribution in [0.4, 0.5) is 0 Å². The first-order valence-electron chi connectivity index (χ1n) is 18.0. The molecule has 13 heteroatoms. The van der Waals surface area contributed by atoms with Crippen LogP contribution in [0.1, 0.15) is 106 Å². The van der Waals surface area contributed by atoms with Crippen LogP contribution < -0.4 is 40.8 Å². The predicted octanol–water partition coefficient (Wildman–Crippen LogP) is 4.31. The monoisotopic (exact) mass is 712 g/mol. The summed E-state index contributed by atoms with van der Waals surface area (Å²) in [6.07, 6.45) is 5.35. The summed E-state index contributed by atoms with van der Waals surface area (Å²) in [6, 6.07) is 1.66. The van der Waals surface area contributed by atoms with Gasteiger partial charge in [-0.3, -0.25) is 25.0 Å². The molecule has 1 N–H and O–H groups in total. The Kier molecular flexibility index (Phi) is 33.7. The number of ether oxygens (including phenoxy) is 3. The first kappa shape index (κ1) is 50.8. The van der Waals surface area contributed by atoms with E-state index in [0.29, 0.717) is 19.8 Å². The summed E-state index contributed by atoms with van der Waals surface area (Å²) < 4.78 is 15.5. The maximum Gasteiger partial charge on any atom is 0.298 e. The van der Waals surface area contributed by atoms with Gasteiger partial charge in [0.05, 0.1) is 51.6 Å².